The number of hydrogen-bond acceptors (Lipinski definition) is 5. The molecule has 0 unspecified atom stereocenters. The summed E-state index contributed by atoms with van der Waals surface area (Å²) in [6.07, 6.45) is 0. The van der Waals surface area contributed by atoms with Crippen molar-refractivity contribution in [2.45, 2.75) is 6.54 Å². The van der Waals surface area contributed by atoms with Crippen molar-refractivity contribution < 1.29 is 14.3 Å². The fourth-order valence-electron chi connectivity index (χ4n) is 3.57. The van der Waals surface area contributed by atoms with E-state index in [0.29, 0.717) is 28.0 Å². The molecule has 0 bridgehead atoms. The largest absolute Gasteiger partial charge is 0.508 e. The van der Waals surface area contributed by atoms with Gasteiger partial charge in [0.25, 0.3) is 11.7 Å². The Morgan fingerprint density at radius 2 is 1.72 bits per heavy atom. The van der Waals surface area contributed by atoms with E-state index in [1.165, 1.54) is 6.07 Å². The van der Waals surface area contributed by atoms with Crippen molar-refractivity contribution in [1.29, 1.82) is 0 Å². The number of carbonyl (C=O) groups is 1. The number of rotatable bonds is 5. The molecule has 0 aliphatic carbocycles. The molecule has 0 saturated carbocycles. The summed E-state index contributed by atoms with van der Waals surface area (Å²) in [4.78, 5) is 13.4. The van der Waals surface area contributed by atoms with Crippen LogP contribution in [0.2, 0.25) is 10.2 Å². The maximum atomic E-state index is 13.4. The summed E-state index contributed by atoms with van der Waals surface area (Å²) in [5.74, 6) is -0.449. The van der Waals surface area contributed by atoms with E-state index in [9.17, 15) is 9.90 Å². The van der Waals surface area contributed by atoms with Crippen molar-refractivity contribution >= 4 is 39.9 Å². The van der Waals surface area contributed by atoms with E-state index in [2.05, 4.69) is 10.2 Å². The predicted molar refractivity (Wildman–Crippen MR) is 122 cm³/mol. The Morgan fingerprint density at radius 3 is 2.47 bits per heavy atom. The first-order valence-electron chi connectivity index (χ1n) is 9.70. The molecular weight excluding hydrogens is 449 g/mol. The molecule has 0 atom stereocenters. The number of aromatic hydroxyl groups is 1. The van der Waals surface area contributed by atoms with Crippen molar-refractivity contribution in [2.24, 2.45) is 0 Å². The average Bonchev–Trinajstić information content (AvgIpc) is 3.39. The zero-order chi connectivity index (χ0) is 22.2. The number of hydrogen-bond donors (Lipinski definition) is 1. The number of ketones is 1. The van der Waals surface area contributed by atoms with Crippen LogP contribution in [0.1, 0.15) is 21.8 Å². The lowest BCUT2D eigenvalue weighted by molar-refractivity contribution is 0.100. The highest BCUT2D eigenvalue weighted by molar-refractivity contribution is 6.36. The molecule has 3 aromatic carbocycles. The van der Waals surface area contributed by atoms with Gasteiger partial charge in [-0.1, -0.05) is 53.5 Å². The van der Waals surface area contributed by atoms with Gasteiger partial charge in [0.15, 0.2) is 0 Å². The Morgan fingerprint density at radius 1 is 0.969 bits per heavy atom. The standard InChI is InChI=1S/C24H15Cl2N3O3/c25-16-8-6-14(7-9-16)13-29-19-11-10-17(30)12-18(19)20(22(29)26)21(31)24-28-27-23(32-24)15-4-2-1-3-5-15/h1-12,30H,13H2. The molecule has 6 nitrogen and oxygen atoms in total. The summed E-state index contributed by atoms with van der Waals surface area (Å²) in [6, 6.07) is 21.3. The van der Waals surface area contributed by atoms with Crippen LogP contribution in [0.5, 0.6) is 5.75 Å². The molecule has 5 rings (SSSR count). The second-order valence-corrected chi connectivity index (χ2v) is 7.98. The molecule has 1 N–H and O–H groups in total. The van der Waals surface area contributed by atoms with E-state index in [0.717, 1.165) is 5.56 Å². The van der Waals surface area contributed by atoms with E-state index >= 15 is 0 Å². The van der Waals surface area contributed by atoms with Crippen LogP contribution in [0, 0.1) is 0 Å². The lowest BCUT2D eigenvalue weighted by Crippen LogP contribution is -2.04. The van der Waals surface area contributed by atoms with Gasteiger partial charge < -0.3 is 14.1 Å². The molecule has 0 saturated heterocycles. The Hall–Kier alpha value is -3.61. The van der Waals surface area contributed by atoms with Crippen molar-refractivity contribution in [3.05, 3.63) is 100.0 Å². The Balaban J connectivity index is 1.60. The normalized spacial score (nSPS) is 11.2. The minimum absolute atomic E-state index is 0.0161. The van der Waals surface area contributed by atoms with Crippen molar-refractivity contribution in [1.82, 2.24) is 14.8 Å². The Kier molecular flexibility index (Phi) is 5.17. The Labute approximate surface area is 192 Å². The third-order valence-electron chi connectivity index (χ3n) is 5.10. The minimum atomic E-state index is -0.518. The molecule has 0 aliphatic rings. The molecule has 0 radical (unpaired) electrons. The molecule has 2 heterocycles. The highest BCUT2D eigenvalue weighted by Crippen LogP contribution is 2.35. The minimum Gasteiger partial charge on any atom is -0.508 e. The van der Waals surface area contributed by atoms with Gasteiger partial charge >= 0.3 is 0 Å². The van der Waals surface area contributed by atoms with Crippen LogP contribution < -0.4 is 0 Å². The first kappa shape index (κ1) is 20.3. The van der Waals surface area contributed by atoms with Gasteiger partial charge in [-0.2, -0.15) is 0 Å². The number of benzene rings is 3. The second kappa shape index (κ2) is 8.15. The van der Waals surface area contributed by atoms with Crippen molar-refractivity contribution in [3.8, 4) is 17.2 Å². The zero-order valence-corrected chi connectivity index (χ0v) is 18.0. The van der Waals surface area contributed by atoms with Crippen LogP contribution in [0.25, 0.3) is 22.4 Å². The summed E-state index contributed by atoms with van der Waals surface area (Å²) in [5.41, 5.74) is 2.53. The number of carbonyl (C=O) groups excluding carboxylic acids is 1. The third kappa shape index (κ3) is 3.64. The number of aromatic nitrogens is 3. The highest BCUT2D eigenvalue weighted by Gasteiger charge is 2.27. The molecule has 8 heteroatoms. The quantitative estimate of drug-likeness (QED) is 0.324. The fraction of sp³-hybridized carbons (Fsp3) is 0.0417. The van der Waals surface area contributed by atoms with Crippen LogP contribution >= 0.6 is 23.2 Å². The van der Waals surface area contributed by atoms with Gasteiger partial charge in [0.1, 0.15) is 10.9 Å². The molecule has 158 valence electrons. The number of nitrogens with zero attached hydrogens (tertiary/aromatic N) is 3. The summed E-state index contributed by atoms with van der Waals surface area (Å²) < 4.78 is 7.44. The average molecular weight is 464 g/mol. The van der Waals surface area contributed by atoms with Gasteiger partial charge in [0.2, 0.25) is 5.89 Å². The lowest BCUT2D eigenvalue weighted by Gasteiger charge is -2.08. The monoisotopic (exact) mass is 463 g/mol. The summed E-state index contributed by atoms with van der Waals surface area (Å²) >= 11 is 12.7. The van der Waals surface area contributed by atoms with Crippen LogP contribution in [-0.4, -0.2) is 25.7 Å². The van der Waals surface area contributed by atoms with Crippen LogP contribution in [-0.2, 0) is 6.54 Å². The smallest absolute Gasteiger partial charge is 0.289 e. The van der Waals surface area contributed by atoms with Gasteiger partial charge in [-0.25, -0.2) is 0 Å². The highest BCUT2D eigenvalue weighted by atomic mass is 35.5. The maximum Gasteiger partial charge on any atom is 0.289 e. The summed E-state index contributed by atoms with van der Waals surface area (Å²) in [7, 11) is 0. The number of halogens is 2. The van der Waals surface area contributed by atoms with Gasteiger partial charge in [0, 0.05) is 22.5 Å². The molecular formula is C24H15Cl2N3O3. The van der Waals surface area contributed by atoms with Gasteiger partial charge in [-0.3, -0.25) is 4.79 Å². The first-order chi connectivity index (χ1) is 15.5. The number of fused-ring (bicyclic) bond motifs is 1. The van der Waals surface area contributed by atoms with E-state index in [4.69, 9.17) is 27.6 Å². The first-order valence-corrected chi connectivity index (χ1v) is 10.5. The molecule has 0 fully saturated rings. The molecule has 32 heavy (non-hydrogen) atoms. The Bertz CT molecular complexity index is 1440. The number of phenols is 1. The third-order valence-corrected chi connectivity index (χ3v) is 5.75. The van der Waals surface area contributed by atoms with Gasteiger partial charge in [-0.05, 0) is 48.0 Å². The predicted octanol–water partition coefficient (Wildman–Crippen LogP) is 5.98. The van der Waals surface area contributed by atoms with Crippen LogP contribution in [0.4, 0.5) is 0 Å². The second-order valence-electron chi connectivity index (χ2n) is 7.19. The van der Waals surface area contributed by atoms with Gasteiger partial charge in [0.05, 0.1) is 11.1 Å². The fourth-order valence-corrected chi connectivity index (χ4v) is 4.04. The van der Waals surface area contributed by atoms with Gasteiger partial charge in [-0.15, -0.1) is 10.2 Å². The van der Waals surface area contributed by atoms with Crippen molar-refractivity contribution in [3.63, 3.8) is 0 Å². The lowest BCUT2D eigenvalue weighted by atomic mass is 10.1. The van der Waals surface area contributed by atoms with E-state index < -0.39 is 5.78 Å². The van der Waals surface area contributed by atoms with E-state index in [1.54, 1.807) is 28.8 Å². The molecule has 0 amide bonds. The van der Waals surface area contributed by atoms with E-state index in [1.807, 2.05) is 42.5 Å². The molecule has 0 spiro atoms. The molecule has 5 aromatic rings. The number of phenolic OH excluding ortho intramolecular Hbond substituents is 1. The van der Waals surface area contributed by atoms with E-state index in [-0.39, 0.29) is 28.2 Å². The SMILES string of the molecule is O=C(c1nnc(-c2ccccc2)o1)c1c(Cl)n(Cc2ccc(Cl)cc2)c2ccc(O)cc12. The summed E-state index contributed by atoms with van der Waals surface area (Å²) in [5, 5.41) is 19.3. The molecule has 2 aromatic heterocycles. The molecule has 0 aliphatic heterocycles. The topological polar surface area (TPSA) is 81.2 Å². The van der Waals surface area contributed by atoms with Crippen LogP contribution in [0.15, 0.2) is 77.2 Å². The summed E-state index contributed by atoms with van der Waals surface area (Å²) in [6.45, 7) is 0.406. The zero-order valence-electron chi connectivity index (χ0n) is 16.5. The van der Waals surface area contributed by atoms with Crippen LogP contribution in [0.3, 0.4) is 0 Å². The van der Waals surface area contributed by atoms with Crippen molar-refractivity contribution in [2.75, 3.05) is 0 Å². The maximum absolute atomic E-state index is 13.4.